The second kappa shape index (κ2) is 9.86. The van der Waals surface area contributed by atoms with Crippen molar-refractivity contribution in [2.75, 3.05) is 4.90 Å². The van der Waals surface area contributed by atoms with Gasteiger partial charge in [-0.05, 0) is 81.2 Å². The topological polar surface area (TPSA) is 16.4 Å². The van der Waals surface area contributed by atoms with Gasteiger partial charge in [-0.25, -0.2) is 0 Å². The average molecular weight is 562 g/mol. The van der Waals surface area contributed by atoms with E-state index in [1.54, 1.807) is 0 Å². The van der Waals surface area contributed by atoms with Crippen LogP contribution in [-0.2, 0) is 0 Å². The Morgan fingerprint density at radius 3 is 1.89 bits per heavy atom. The summed E-state index contributed by atoms with van der Waals surface area (Å²) in [5.41, 5.74) is 7.57. The summed E-state index contributed by atoms with van der Waals surface area (Å²) in [6, 6.07) is 58.6. The molecule has 1 heterocycles. The largest absolute Gasteiger partial charge is 0.455 e. The molecule has 0 bridgehead atoms. The van der Waals surface area contributed by atoms with Crippen LogP contribution in [0.5, 0.6) is 0 Å². The van der Waals surface area contributed by atoms with Crippen molar-refractivity contribution in [2.24, 2.45) is 0 Å². The molecule has 9 aromatic rings. The highest BCUT2D eigenvalue weighted by atomic mass is 16.3. The molecule has 0 atom stereocenters. The first-order valence-corrected chi connectivity index (χ1v) is 15.0. The highest BCUT2D eigenvalue weighted by molar-refractivity contribution is 6.15. The monoisotopic (exact) mass is 561 g/mol. The molecule has 0 fully saturated rings. The van der Waals surface area contributed by atoms with Gasteiger partial charge in [0.1, 0.15) is 11.2 Å². The predicted octanol–water partition coefficient (Wildman–Crippen LogP) is 12.2. The highest BCUT2D eigenvalue weighted by Crippen LogP contribution is 2.42. The molecular weight excluding hydrogens is 534 g/mol. The van der Waals surface area contributed by atoms with Crippen LogP contribution in [0.25, 0.3) is 65.4 Å². The van der Waals surface area contributed by atoms with E-state index in [0.717, 1.165) is 49.8 Å². The number of rotatable bonds is 4. The van der Waals surface area contributed by atoms with Gasteiger partial charge in [0.15, 0.2) is 0 Å². The Labute approximate surface area is 255 Å². The smallest absolute Gasteiger partial charge is 0.143 e. The molecule has 9 rings (SSSR count). The van der Waals surface area contributed by atoms with Gasteiger partial charge in [0.25, 0.3) is 0 Å². The summed E-state index contributed by atoms with van der Waals surface area (Å²) in [5.74, 6) is 0. The van der Waals surface area contributed by atoms with E-state index < -0.39 is 0 Å². The van der Waals surface area contributed by atoms with E-state index in [9.17, 15) is 0 Å². The number of hydrogen-bond donors (Lipinski definition) is 0. The van der Waals surface area contributed by atoms with Crippen molar-refractivity contribution in [3.8, 4) is 11.1 Å². The second-order valence-corrected chi connectivity index (χ2v) is 11.4. The molecule has 1 aromatic heterocycles. The molecule has 2 heteroatoms. The van der Waals surface area contributed by atoms with Crippen LogP contribution in [0.1, 0.15) is 0 Å². The SMILES string of the molecule is c1ccc2cc(-c3ccc(N(c4ccc5ccc6c7ccccc7oc6c5c4)c4cccc5ccccc45)cc3)ccc2c1. The second-order valence-electron chi connectivity index (χ2n) is 11.4. The van der Waals surface area contributed by atoms with Gasteiger partial charge >= 0.3 is 0 Å². The summed E-state index contributed by atoms with van der Waals surface area (Å²) in [6.07, 6.45) is 0. The predicted molar refractivity (Wildman–Crippen MR) is 186 cm³/mol. The number of nitrogens with zero attached hydrogens (tertiary/aromatic N) is 1. The lowest BCUT2D eigenvalue weighted by molar-refractivity contribution is 0.672. The Bertz CT molecular complexity index is 2500. The summed E-state index contributed by atoms with van der Waals surface area (Å²) in [6.45, 7) is 0. The van der Waals surface area contributed by atoms with Gasteiger partial charge in [-0.1, -0.05) is 115 Å². The lowest BCUT2D eigenvalue weighted by atomic mass is 10.00. The van der Waals surface area contributed by atoms with E-state index in [4.69, 9.17) is 4.42 Å². The molecule has 2 nitrogen and oxygen atoms in total. The molecule has 0 saturated carbocycles. The van der Waals surface area contributed by atoms with Gasteiger partial charge in [-0.3, -0.25) is 0 Å². The molecule has 44 heavy (non-hydrogen) atoms. The summed E-state index contributed by atoms with van der Waals surface area (Å²) < 4.78 is 6.46. The van der Waals surface area contributed by atoms with Crippen LogP contribution in [0.15, 0.2) is 168 Å². The maximum atomic E-state index is 6.46. The zero-order valence-electron chi connectivity index (χ0n) is 23.9. The van der Waals surface area contributed by atoms with Crippen molar-refractivity contribution in [1.82, 2.24) is 0 Å². The Kier molecular flexibility index (Phi) is 5.54. The minimum atomic E-state index is 0.913. The fourth-order valence-electron chi connectivity index (χ4n) is 6.63. The summed E-state index contributed by atoms with van der Waals surface area (Å²) in [4.78, 5) is 2.37. The van der Waals surface area contributed by atoms with Crippen molar-refractivity contribution in [2.45, 2.75) is 0 Å². The molecule has 0 N–H and O–H groups in total. The maximum absolute atomic E-state index is 6.46. The molecule has 0 saturated heterocycles. The van der Waals surface area contributed by atoms with E-state index in [1.807, 2.05) is 12.1 Å². The van der Waals surface area contributed by atoms with Crippen molar-refractivity contribution in [1.29, 1.82) is 0 Å². The molecule has 0 spiro atoms. The maximum Gasteiger partial charge on any atom is 0.143 e. The number of hydrogen-bond acceptors (Lipinski definition) is 2. The third kappa shape index (κ3) is 3.96. The van der Waals surface area contributed by atoms with Gasteiger partial charge in [0.2, 0.25) is 0 Å². The van der Waals surface area contributed by atoms with Gasteiger partial charge < -0.3 is 9.32 Å². The van der Waals surface area contributed by atoms with E-state index in [0.29, 0.717) is 0 Å². The quantitative estimate of drug-likeness (QED) is 0.212. The number of anilines is 3. The Balaban J connectivity index is 1.24. The third-order valence-corrected chi connectivity index (χ3v) is 8.82. The Morgan fingerprint density at radius 2 is 1.00 bits per heavy atom. The fraction of sp³-hybridized carbons (Fsp3) is 0. The molecular formula is C42H27NO. The first-order chi connectivity index (χ1) is 21.8. The zero-order valence-corrected chi connectivity index (χ0v) is 23.9. The standard InChI is InChI=1S/C42H27NO/c1-2-10-32-26-33(17-16-28(32)8-1)29-18-22-34(23-19-29)43(40-14-7-11-30-9-3-4-12-36(30)40)35-24-20-31-21-25-38-37-13-5-6-15-41(37)44-42(38)39(31)27-35/h1-27H. The van der Waals surface area contributed by atoms with Crippen LogP contribution in [0.3, 0.4) is 0 Å². The first kappa shape index (κ1) is 24.7. The van der Waals surface area contributed by atoms with E-state index >= 15 is 0 Å². The summed E-state index contributed by atoms with van der Waals surface area (Å²) in [7, 11) is 0. The van der Waals surface area contributed by atoms with Crippen LogP contribution < -0.4 is 4.90 Å². The van der Waals surface area contributed by atoms with Crippen LogP contribution in [-0.4, -0.2) is 0 Å². The Morgan fingerprint density at radius 1 is 0.364 bits per heavy atom. The van der Waals surface area contributed by atoms with Crippen molar-refractivity contribution in [3.05, 3.63) is 164 Å². The van der Waals surface area contributed by atoms with Crippen LogP contribution in [0.4, 0.5) is 17.1 Å². The van der Waals surface area contributed by atoms with Gasteiger partial charge in [0, 0.05) is 32.9 Å². The molecule has 0 unspecified atom stereocenters. The lowest BCUT2D eigenvalue weighted by Gasteiger charge is -2.27. The van der Waals surface area contributed by atoms with Crippen molar-refractivity contribution in [3.63, 3.8) is 0 Å². The number of fused-ring (bicyclic) bond motifs is 7. The Hall–Kier alpha value is -5.86. The van der Waals surface area contributed by atoms with E-state index in [-0.39, 0.29) is 0 Å². The number of benzene rings is 8. The van der Waals surface area contributed by atoms with Crippen LogP contribution in [0.2, 0.25) is 0 Å². The van der Waals surface area contributed by atoms with Crippen molar-refractivity contribution >= 4 is 71.3 Å². The third-order valence-electron chi connectivity index (χ3n) is 8.82. The minimum absolute atomic E-state index is 0.913. The summed E-state index contributed by atoms with van der Waals surface area (Å²) in [5, 5.41) is 9.47. The number of furan rings is 1. The average Bonchev–Trinajstić information content (AvgIpc) is 3.48. The van der Waals surface area contributed by atoms with E-state index in [1.165, 1.54) is 32.7 Å². The summed E-state index contributed by atoms with van der Waals surface area (Å²) >= 11 is 0. The van der Waals surface area contributed by atoms with Crippen molar-refractivity contribution < 1.29 is 4.42 Å². The lowest BCUT2D eigenvalue weighted by Crippen LogP contribution is -2.10. The molecule has 0 amide bonds. The molecule has 0 aliphatic heterocycles. The molecule has 8 aromatic carbocycles. The van der Waals surface area contributed by atoms with Crippen LogP contribution in [0, 0.1) is 0 Å². The molecule has 0 radical (unpaired) electrons. The van der Waals surface area contributed by atoms with Gasteiger partial charge in [-0.2, -0.15) is 0 Å². The van der Waals surface area contributed by atoms with Gasteiger partial charge in [0.05, 0.1) is 5.69 Å². The minimum Gasteiger partial charge on any atom is -0.455 e. The normalized spacial score (nSPS) is 11.6. The fourth-order valence-corrected chi connectivity index (χ4v) is 6.63. The van der Waals surface area contributed by atoms with Crippen LogP contribution >= 0.6 is 0 Å². The van der Waals surface area contributed by atoms with Gasteiger partial charge in [-0.15, -0.1) is 0 Å². The number of para-hydroxylation sites is 1. The highest BCUT2D eigenvalue weighted by Gasteiger charge is 2.18. The van der Waals surface area contributed by atoms with E-state index in [2.05, 4.69) is 157 Å². The molecule has 0 aliphatic rings. The molecule has 206 valence electrons. The zero-order chi connectivity index (χ0) is 29.0. The first-order valence-electron chi connectivity index (χ1n) is 15.0. The molecule has 0 aliphatic carbocycles.